The summed E-state index contributed by atoms with van der Waals surface area (Å²) < 4.78 is 23.1. The molecule has 3 aliphatic heterocycles. The predicted octanol–water partition coefficient (Wildman–Crippen LogP) is -2.18. The van der Waals surface area contributed by atoms with E-state index in [1.54, 1.807) is 85.9 Å². The standard InChI is InChI=1S/C49H78N2O19/c1-30-15-13-11-9-7-5-3-4-6-8-10-12-14-16-35(69-47-45(64)44(50)40(62)26-67-47)23-41-43(46(65)51-48(27-52,28-53)29-54)39(61)25-49(66,70-41)24-34(57)21-38(60)36(58)18-17-32(55)20-33(56)22-42(63)68-31(2)19-37(30)59/h3-16,30-41,43-45,47,52-62,64,66H,17-29,50H2,1-2H3,(H,51,65)/b4-3+,7-5+,8-6+,11-9+,12-10+,15-13+,16-14+/t30-,31-,32?,33?,34?,35?,36+,37-,38?,39-,40+,41-,43?,44-,45-,47-,49?/m0/s1. The molecule has 17 atom stereocenters. The van der Waals surface area contributed by atoms with Crippen LogP contribution in [0.1, 0.15) is 71.6 Å². The van der Waals surface area contributed by atoms with Gasteiger partial charge in [-0.15, -0.1) is 0 Å². The van der Waals surface area contributed by atoms with Crippen LogP contribution in [-0.2, 0) is 28.5 Å². The first kappa shape index (κ1) is 60.7. The van der Waals surface area contributed by atoms with Crippen LogP contribution >= 0.6 is 0 Å². The smallest absolute Gasteiger partial charge is 0.308 e. The van der Waals surface area contributed by atoms with Gasteiger partial charge >= 0.3 is 5.97 Å². The Hall–Kier alpha value is -3.56. The topological polar surface area (TPSA) is 372 Å². The third-order valence-electron chi connectivity index (χ3n) is 12.4. The summed E-state index contributed by atoms with van der Waals surface area (Å²) in [6.45, 7) is 0.388. The van der Waals surface area contributed by atoms with Crippen molar-refractivity contribution in [2.24, 2.45) is 17.6 Å². The summed E-state index contributed by atoms with van der Waals surface area (Å²) >= 11 is 0. The summed E-state index contributed by atoms with van der Waals surface area (Å²) in [7, 11) is 0. The molecule has 0 aliphatic carbocycles. The highest BCUT2D eigenvalue weighted by atomic mass is 16.7. The maximum absolute atomic E-state index is 13.9. The number of carbonyl (C=O) groups is 2. The number of ether oxygens (including phenoxy) is 4. The zero-order valence-corrected chi connectivity index (χ0v) is 39.9. The van der Waals surface area contributed by atoms with Gasteiger partial charge in [0, 0.05) is 38.0 Å². The molecule has 0 aromatic rings. The Kier molecular flexibility index (Phi) is 26.4. The largest absolute Gasteiger partial charge is 0.462 e. The summed E-state index contributed by atoms with van der Waals surface area (Å²) in [5.41, 5.74) is 4.05. The number of amides is 1. The predicted molar refractivity (Wildman–Crippen MR) is 252 cm³/mol. The highest BCUT2D eigenvalue weighted by Crippen LogP contribution is 2.38. The van der Waals surface area contributed by atoms with Gasteiger partial charge in [-0.1, -0.05) is 92.0 Å². The van der Waals surface area contributed by atoms with E-state index >= 15 is 0 Å². The monoisotopic (exact) mass is 999 g/mol. The van der Waals surface area contributed by atoms with Gasteiger partial charge in [0.2, 0.25) is 5.91 Å². The van der Waals surface area contributed by atoms with Crippen molar-refractivity contribution in [3.05, 3.63) is 85.1 Å². The van der Waals surface area contributed by atoms with Crippen molar-refractivity contribution in [2.75, 3.05) is 26.4 Å². The number of cyclic esters (lactones) is 1. The number of hydrogen-bond donors (Lipinski definition) is 15. The second-order valence-corrected chi connectivity index (χ2v) is 18.6. The molecular weight excluding hydrogens is 921 g/mol. The normalized spacial score (nSPS) is 41.2. The molecule has 0 aromatic carbocycles. The molecule has 1 amide bonds. The number of carbonyl (C=O) groups excluding carboxylic acids is 2. The van der Waals surface area contributed by atoms with Crippen LogP contribution in [-0.4, -0.2) is 202 Å². The molecule has 16 N–H and O–H groups in total. The average molecular weight is 999 g/mol. The summed E-state index contributed by atoms with van der Waals surface area (Å²) in [6.07, 6.45) is 3.41. The van der Waals surface area contributed by atoms with Gasteiger partial charge in [-0.3, -0.25) is 9.59 Å². The van der Waals surface area contributed by atoms with Gasteiger partial charge in [-0.05, 0) is 26.2 Å². The van der Waals surface area contributed by atoms with Crippen molar-refractivity contribution in [2.45, 2.75) is 169 Å². The molecule has 0 aromatic heterocycles. The third-order valence-corrected chi connectivity index (χ3v) is 12.4. The van der Waals surface area contributed by atoms with E-state index in [2.05, 4.69) is 5.32 Å². The van der Waals surface area contributed by atoms with Crippen LogP contribution in [0.2, 0.25) is 0 Å². The number of nitrogens with two attached hydrogens (primary N) is 1. The fourth-order valence-electron chi connectivity index (χ4n) is 8.12. The molecule has 0 spiro atoms. The minimum atomic E-state index is -2.41. The Labute approximate surface area is 408 Å². The molecule has 0 saturated carbocycles. The lowest BCUT2D eigenvalue weighted by Crippen LogP contribution is -2.63. The van der Waals surface area contributed by atoms with Crippen molar-refractivity contribution in [3.8, 4) is 0 Å². The average Bonchev–Trinajstić information content (AvgIpc) is 3.29. The van der Waals surface area contributed by atoms with Crippen molar-refractivity contribution >= 4 is 11.9 Å². The SMILES string of the molecule is C[C@H]1C[C@H](O)[C@@H](C)/C=C/C=C/C=C/C=C/C=C/C=C/C=C/C(O[C@@H]2OC[C@@H](O)[C@H](N)[C@@H]2O)C[C@@H]2OC(O)(CC(O)CC(O)[C@H](O)CCC(O)CC(O)CC(=O)O1)C[C@H](O)C2C(=O)NC(CO)(CO)CO. The van der Waals surface area contributed by atoms with Gasteiger partial charge in [0.15, 0.2) is 12.1 Å². The van der Waals surface area contributed by atoms with Crippen LogP contribution < -0.4 is 11.1 Å². The molecule has 21 nitrogen and oxygen atoms in total. The number of aliphatic hydroxyl groups excluding tert-OH is 12. The van der Waals surface area contributed by atoms with Crippen LogP contribution in [0.5, 0.6) is 0 Å². The Morgan fingerprint density at radius 1 is 0.700 bits per heavy atom. The number of rotatable bonds is 7. The molecule has 7 unspecified atom stereocenters. The van der Waals surface area contributed by atoms with Crippen LogP contribution in [0.25, 0.3) is 0 Å². The molecule has 70 heavy (non-hydrogen) atoms. The second-order valence-electron chi connectivity index (χ2n) is 18.6. The Balaban J connectivity index is 1.95. The van der Waals surface area contributed by atoms with Crippen LogP contribution in [0.4, 0.5) is 0 Å². The fourth-order valence-corrected chi connectivity index (χ4v) is 8.12. The minimum absolute atomic E-state index is 0.134. The van der Waals surface area contributed by atoms with Gasteiger partial charge in [0.05, 0.1) is 106 Å². The molecule has 0 radical (unpaired) electrons. The van der Waals surface area contributed by atoms with Crippen molar-refractivity contribution < 1.29 is 94.9 Å². The Morgan fingerprint density at radius 2 is 1.27 bits per heavy atom. The molecule has 21 heteroatoms. The number of nitrogens with one attached hydrogen (secondary N) is 1. The van der Waals surface area contributed by atoms with E-state index in [1.807, 2.05) is 6.92 Å². The zero-order valence-electron chi connectivity index (χ0n) is 39.9. The quantitative estimate of drug-likeness (QED) is 0.121. The number of aliphatic hydroxyl groups is 13. The lowest BCUT2D eigenvalue weighted by Gasteiger charge is -2.46. The molecule has 3 heterocycles. The Morgan fingerprint density at radius 3 is 1.86 bits per heavy atom. The van der Waals surface area contributed by atoms with Gasteiger partial charge in [-0.25, -0.2) is 0 Å². The lowest BCUT2D eigenvalue weighted by atomic mass is 9.81. The first-order valence-corrected chi connectivity index (χ1v) is 23.7. The van der Waals surface area contributed by atoms with Crippen LogP contribution in [0.3, 0.4) is 0 Å². The van der Waals surface area contributed by atoms with Crippen LogP contribution in [0.15, 0.2) is 85.1 Å². The molecule has 3 rings (SSSR count). The van der Waals surface area contributed by atoms with Gasteiger partial charge in [-0.2, -0.15) is 0 Å². The van der Waals surface area contributed by atoms with E-state index in [0.717, 1.165) is 0 Å². The highest BCUT2D eigenvalue weighted by Gasteiger charge is 2.51. The molecule has 398 valence electrons. The molecule has 3 aliphatic rings. The lowest BCUT2D eigenvalue weighted by molar-refractivity contribution is -0.304. The van der Waals surface area contributed by atoms with E-state index < -0.39 is 160 Å². The summed E-state index contributed by atoms with van der Waals surface area (Å²) in [5, 5.41) is 141. The van der Waals surface area contributed by atoms with E-state index in [9.17, 15) is 76.0 Å². The van der Waals surface area contributed by atoms with Crippen molar-refractivity contribution in [1.82, 2.24) is 5.32 Å². The number of hydrogen-bond acceptors (Lipinski definition) is 20. The number of fused-ring (bicyclic) bond motifs is 2. The van der Waals surface area contributed by atoms with Crippen molar-refractivity contribution in [1.29, 1.82) is 0 Å². The highest BCUT2D eigenvalue weighted by molar-refractivity contribution is 5.81. The maximum Gasteiger partial charge on any atom is 0.308 e. The third kappa shape index (κ3) is 20.5. The first-order chi connectivity index (χ1) is 33.1. The van der Waals surface area contributed by atoms with E-state index in [0.29, 0.717) is 0 Å². The second kappa shape index (κ2) is 30.5. The summed E-state index contributed by atoms with van der Waals surface area (Å²) in [5.74, 6) is -6.04. The van der Waals surface area contributed by atoms with Gasteiger partial charge < -0.3 is 96.4 Å². The number of esters is 1. The summed E-state index contributed by atoms with van der Waals surface area (Å²) in [6, 6.07) is -1.17. The minimum Gasteiger partial charge on any atom is -0.462 e. The molecule has 2 saturated heterocycles. The first-order valence-electron chi connectivity index (χ1n) is 23.7. The molecule has 2 bridgehead atoms. The van der Waals surface area contributed by atoms with Gasteiger partial charge in [0.1, 0.15) is 17.7 Å². The van der Waals surface area contributed by atoms with E-state index in [1.165, 1.54) is 6.08 Å². The van der Waals surface area contributed by atoms with Crippen LogP contribution in [0, 0.1) is 11.8 Å². The summed E-state index contributed by atoms with van der Waals surface area (Å²) in [4.78, 5) is 26.4. The maximum atomic E-state index is 13.9. The molecule has 2 fully saturated rings. The zero-order chi connectivity index (χ0) is 52.0. The van der Waals surface area contributed by atoms with E-state index in [4.69, 9.17) is 24.7 Å². The molecular formula is C49H78N2O19. The number of allylic oxidation sites excluding steroid dienone is 12. The Bertz CT molecular complexity index is 1760. The van der Waals surface area contributed by atoms with Crippen molar-refractivity contribution in [3.63, 3.8) is 0 Å². The fraction of sp³-hybridized carbons (Fsp3) is 0.673. The van der Waals surface area contributed by atoms with E-state index in [-0.39, 0.29) is 44.6 Å². The van der Waals surface area contributed by atoms with Gasteiger partial charge in [0.25, 0.3) is 0 Å².